The SMILES string of the molecule is C[C@@H](CC(=O)Cn1nnnc1C1CC1)[C@H]1C(=O)N2C(C(=O)O)=C(S[C@@H]3CN[C@H](C(=O)N(C)C)C3)[C@H](C)[C@H]12. The molecular formula is C24H33N7O5S. The number of carboxylic acid groups (broad SMARTS) is 1. The van der Waals surface area contributed by atoms with Gasteiger partial charge in [-0.2, -0.15) is 0 Å². The number of nitrogens with zero attached hydrogens (tertiary/aromatic N) is 6. The van der Waals surface area contributed by atoms with Crippen molar-refractivity contribution in [2.24, 2.45) is 17.8 Å². The van der Waals surface area contributed by atoms with Gasteiger partial charge in [0.05, 0.1) is 18.0 Å². The van der Waals surface area contributed by atoms with Gasteiger partial charge >= 0.3 is 5.97 Å². The van der Waals surface area contributed by atoms with Gasteiger partial charge in [0.1, 0.15) is 12.2 Å². The van der Waals surface area contributed by atoms with Gasteiger partial charge in [0.15, 0.2) is 11.6 Å². The molecule has 37 heavy (non-hydrogen) atoms. The van der Waals surface area contributed by atoms with Gasteiger partial charge in [-0.1, -0.05) is 13.8 Å². The molecule has 1 aliphatic carbocycles. The number of likely N-dealkylation sites (N-methyl/N-ethyl adjacent to an activating group) is 1. The first-order valence-electron chi connectivity index (χ1n) is 12.8. The predicted molar refractivity (Wildman–Crippen MR) is 133 cm³/mol. The maximum atomic E-state index is 13.2. The molecule has 1 saturated carbocycles. The van der Waals surface area contributed by atoms with Crippen LogP contribution in [0, 0.1) is 17.8 Å². The van der Waals surface area contributed by atoms with Crippen LogP contribution < -0.4 is 5.32 Å². The lowest BCUT2D eigenvalue weighted by Crippen LogP contribution is -2.62. The van der Waals surface area contributed by atoms with E-state index in [9.17, 15) is 24.3 Å². The van der Waals surface area contributed by atoms with E-state index in [1.165, 1.54) is 16.7 Å². The van der Waals surface area contributed by atoms with Gasteiger partial charge in [-0.15, -0.1) is 16.9 Å². The van der Waals surface area contributed by atoms with Gasteiger partial charge in [0.2, 0.25) is 11.8 Å². The van der Waals surface area contributed by atoms with E-state index in [1.54, 1.807) is 23.7 Å². The topological polar surface area (TPSA) is 151 Å². The first-order chi connectivity index (χ1) is 17.6. The molecule has 2 N–H and O–H groups in total. The van der Waals surface area contributed by atoms with Gasteiger partial charge in [0, 0.05) is 49.1 Å². The summed E-state index contributed by atoms with van der Waals surface area (Å²) in [6.45, 7) is 4.51. The summed E-state index contributed by atoms with van der Waals surface area (Å²) in [6, 6.07) is -0.580. The number of carbonyl (C=O) groups excluding carboxylic acids is 3. The second-order valence-electron chi connectivity index (χ2n) is 10.9. The second kappa shape index (κ2) is 9.82. The Bertz CT molecular complexity index is 1160. The van der Waals surface area contributed by atoms with Crippen molar-refractivity contribution in [1.82, 2.24) is 35.3 Å². The summed E-state index contributed by atoms with van der Waals surface area (Å²) in [7, 11) is 3.43. The normalized spacial score (nSPS) is 29.8. The summed E-state index contributed by atoms with van der Waals surface area (Å²) in [6.07, 6.45) is 2.85. The molecule has 3 fully saturated rings. The van der Waals surface area contributed by atoms with E-state index in [4.69, 9.17) is 0 Å². The van der Waals surface area contributed by atoms with Gasteiger partial charge in [-0.3, -0.25) is 14.4 Å². The Kier molecular flexibility index (Phi) is 6.86. The number of aliphatic carboxylic acids is 1. The zero-order chi connectivity index (χ0) is 26.6. The highest BCUT2D eigenvalue weighted by molar-refractivity contribution is 8.03. The Morgan fingerprint density at radius 1 is 1.27 bits per heavy atom. The van der Waals surface area contributed by atoms with Crippen molar-refractivity contribution in [1.29, 1.82) is 0 Å². The summed E-state index contributed by atoms with van der Waals surface area (Å²) >= 11 is 1.46. The van der Waals surface area contributed by atoms with E-state index >= 15 is 0 Å². The summed E-state index contributed by atoms with van der Waals surface area (Å²) in [4.78, 5) is 54.3. The molecule has 0 bridgehead atoms. The van der Waals surface area contributed by atoms with Crippen LogP contribution in [0.5, 0.6) is 0 Å². The van der Waals surface area contributed by atoms with Gasteiger partial charge < -0.3 is 20.2 Å². The molecule has 1 aromatic heterocycles. The summed E-state index contributed by atoms with van der Waals surface area (Å²) in [5.41, 5.74) is 0.0485. The fourth-order valence-electron chi connectivity index (χ4n) is 5.92. The van der Waals surface area contributed by atoms with E-state index in [1.807, 2.05) is 13.8 Å². The highest BCUT2D eigenvalue weighted by atomic mass is 32.2. The van der Waals surface area contributed by atoms with Crippen molar-refractivity contribution in [2.45, 2.75) is 69.3 Å². The number of rotatable bonds is 10. The number of tetrazole rings is 1. The maximum Gasteiger partial charge on any atom is 0.353 e. The molecule has 5 rings (SSSR count). The molecule has 0 aromatic carbocycles. The van der Waals surface area contributed by atoms with E-state index in [0.717, 1.165) is 18.7 Å². The highest BCUT2D eigenvalue weighted by Gasteiger charge is 2.60. The van der Waals surface area contributed by atoms with Crippen molar-refractivity contribution >= 4 is 35.3 Å². The minimum absolute atomic E-state index is 0.00140. The van der Waals surface area contributed by atoms with Crippen LogP contribution in [0.1, 0.15) is 51.3 Å². The zero-order valence-electron chi connectivity index (χ0n) is 21.5. The molecule has 3 aliphatic heterocycles. The monoisotopic (exact) mass is 531 g/mol. The standard InChI is InChI=1S/C24H33N7O5S/c1-11(7-14(32)10-30-21(13-5-6-13)26-27-28-30)17-18-12(2)20(19(24(35)36)31(18)23(17)34)37-15-8-16(25-9-15)22(33)29(3)4/h11-13,15-18,25H,5-10H2,1-4H3,(H,35,36)/t11-,12+,15-,16-,17+,18+/m0/s1. The van der Waals surface area contributed by atoms with Gasteiger partial charge in [-0.25, -0.2) is 9.48 Å². The number of ketones is 1. The average molecular weight is 532 g/mol. The van der Waals surface area contributed by atoms with Crippen LogP contribution in [-0.4, -0.2) is 96.7 Å². The number of aromatic nitrogens is 4. The number of amides is 2. The molecule has 12 nitrogen and oxygen atoms in total. The molecule has 13 heteroatoms. The summed E-state index contributed by atoms with van der Waals surface area (Å²) in [5.74, 6) is -1.17. The van der Waals surface area contributed by atoms with Crippen LogP contribution >= 0.6 is 11.8 Å². The number of hydrogen-bond donors (Lipinski definition) is 2. The van der Waals surface area contributed by atoms with Crippen molar-refractivity contribution in [3.63, 3.8) is 0 Å². The minimum atomic E-state index is -1.12. The van der Waals surface area contributed by atoms with E-state index < -0.39 is 11.9 Å². The molecule has 2 saturated heterocycles. The zero-order valence-corrected chi connectivity index (χ0v) is 22.3. The number of Topliss-reactive ketones (excluding diaryl/α,β-unsaturated/α-hetero) is 1. The number of β-lactam (4-membered cyclic amide) rings is 1. The Hall–Kier alpha value is -2.80. The molecule has 0 unspecified atom stereocenters. The number of carboxylic acids is 1. The molecule has 2 amide bonds. The number of nitrogens with one attached hydrogen (secondary N) is 1. The third-order valence-electron chi connectivity index (χ3n) is 7.91. The number of thioether (sulfide) groups is 1. The smallest absolute Gasteiger partial charge is 0.353 e. The van der Waals surface area contributed by atoms with Crippen molar-refractivity contribution in [3.05, 3.63) is 16.4 Å². The average Bonchev–Trinajstić information content (AvgIpc) is 3.28. The lowest BCUT2D eigenvalue weighted by Gasteiger charge is -2.47. The quantitative estimate of drug-likeness (QED) is 0.408. The van der Waals surface area contributed by atoms with Crippen molar-refractivity contribution in [2.75, 3.05) is 20.6 Å². The molecule has 200 valence electrons. The van der Waals surface area contributed by atoms with Crippen LogP contribution in [0.3, 0.4) is 0 Å². The Morgan fingerprint density at radius 3 is 2.65 bits per heavy atom. The van der Waals surface area contributed by atoms with Gasteiger partial charge in [0.25, 0.3) is 0 Å². The molecule has 4 heterocycles. The van der Waals surface area contributed by atoms with Gasteiger partial charge in [-0.05, 0) is 35.6 Å². The van der Waals surface area contributed by atoms with Crippen LogP contribution in [0.4, 0.5) is 0 Å². The molecule has 6 atom stereocenters. The van der Waals surface area contributed by atoms with E-state index in [2.05, 4.69) is 20.8 Å². The number of fused-ring (bicyclic) bond motifs is 1. The first kappa shape index (κ1) is 25.8. The van der Waals surface area contributed by atoms with Crippen LogP contribution in [0.15, 0.2) is 10.6 Å². The van der Waals surface area contributed by atoms with Crippen LogP contribution in [-0.2, 0) is 25.7 Å². The number of hydrogen-bond acceptors (Lipinski definition) is 9. The summed E-state index contributed by atoms with van der Waals surface area (Å²) in [5, 5.41) is 25.0. The lowest BCUT2D eigenvalue weighted by molar-refractivity contribution is -0.160. The first-order valence-corrected chi connectivity index (χ1v) is 13.7. The Labute approximate surface area is 219 Å². The number of carbonyl (C=O) groups is 4. The lowest BCUT2D eigenvalue weighted by atomic mass is 9.73. The van der Waals surface area contributed by atoms with Crippen LogP contribution in [0.25, 0.3) is 0 Å². The molecule has 0 radical (unpaired) electrons. The van der Waals surface area contributed by atoms with E-state index in [-0.39, 0.29) is 65.4 Å². The second-order valence-corrected chi connectivity index (χ2v) is 12.2. The van der Waals surface area contributed by atoms with Crippen molar-refractivity contribution in [3.8, 4) is 0 Å². The maximum absolute atomic E-state index is 13.2. The third-order valence-corrected chi connectivity index (χ3v) is 9.42. The fourth-order valence-corrected chi connectivity index (χ4v) is 7.39. The van der Waals surface area contributed by atoms with Crippen LogP contribution in [0.2, 0.25) is 0 Å². The minimum Gasteiger partial charge on any atom is -0.477 e. The van der Waals surface area contributed by atoms with Crippen molar-refractivity contribution < 1.29 is 24.3 Å². The highest BCUT2D eigenvalue weighted by Crippen LogP contribution is 2.53. The van der Waals surface area contributed by atoms with E-state index in [0.29, 0.717) is 23.8 Å². The molecule has 1 aromatic rings. The molecular weight excluding hydrogens is 498 g/mol. The molecule has 4 aliphatic rings. The predicted octanol–water partition coefficient (Wildman–Crippen LogP) is 0.471. The summed E-state index contributed by atoms with van der Waals surface area (Å²) < 4.78 is 1.56. The Morgan fingerprint density at radius 2 is 2.00 bits per heavy atom. The molecule has 0 spiro atoms. The fraction of sp³-hybridized carbons (Fsp3) is 0.708. The third kappa shape index (κ3) is 4.67. The Balaban J connectivity index is 1.24. The largest absolute Gasteiger partial charge is 0.477 e.